The van der Waals surface area contributed by atoms with Crippen LogP contribution in [-0.4, -0.2) is 47.0 Å². The lowest BCUT2D eigenvalue weighted by Crippen LogP contribution is -2.36. The average molecular weight is 482 g/mol. The molecule has 170 valence electrons. The number of morpholine rings is 1. The minimum atomic E-state index is -0.355. The Balaban J connectivity index is 1.45. The molecule has 10 heteroatoms. The third kappa shape index (κ3) is 4.68. The fourth-order valence-corrected chi connectivity index (χ4v) is 5.51. The molecule has 4 heterocycles. The molecule has 3 aromatic heterocycles. The number of rotatable bonds is 6. The van der Waals surface area contributed by atoms with Crippen molar-refractivity contribution in [2.24, 2.45) is 0 Å². The van der Waals surface area contributed by atoms with Crippen LogP contribution in [0.25, 0.3) is 20.8 Å². The van der Waals surface area contributed by atoms with E-state index in [2.05, 4.69) is 20.3 Å². The van der Waals surface area contributed by atoms with Crippen LogP contribution in [0, 0.1) is 6.92 Å². The number of thiazole rings is 1. The number of nitrogens with one attached hydrogen (secondary N) is 1. The van der Waals surface area contributed by atoms with Gasteiger partial charge >= 0.3 is 0 Å². The number of nitrogens with zero attached hydrogens (tertiary/aromatic N) is 4. The van der Waals surface area contributed by atoms with Gasteiger partial charge in [-0.25, -0.2) is 9.67 Å². The number of amides is 1. The number of carbonyl (C=O) groups is 1. The van der Waals surface area contributed by atoms with Crippen LogP contribution in [0.15, 0.2) is 46.6 Å². The molecule has 0 spiro atoms. The first kappa shape index (κ1) is 21.7. The summed E-state index contributed by atoms with van der Waals surface area (Å²) < 4.78 is 7.42. The van der Waals surface area contributed by atoms with Crippen LogP contribution < -0.4 is 15.8 Å². The summed E-state index contributed by atoms with van der Waals surface area (Å²) in [5.41, 5.74) is 2.84. The Kier molecular flexibility index (Phi) is 6.21. The van der Waals surface area contributed by atoms with Crippen LogP contribution in [0.2, 0.25) is 0 Å². The highest BCUT2D eigenvalue weighted by molar-refractivity contribution is 7.23. The van der Waals surface area contributed by atoms with Crippen LogP contribution in [-0.2, 0) is 22.6 Å². The lowest BCUT2D eigenvalue weighted by atomic mass is 10.1. The number of hydrogen-bond donors (Lipinski definition) is 1. The van der Waals surface area contributed by atoms with Crippen molar-refractivity contribution < 1.29 is 9.53 Å². The van der Waals surface area contributed by atoms with Gasteiger partial charge in [0.05, 0.1) is 22.8 Å². The van der Waals surface area contributed by atoms with Gasteiger partial charge in [-0.3, -0.25) is 9.59 Å². The fourth-order valence-electron chi connectivity index (χ4n) is 3.62. The number of thiophene rings is 1. The predicted octanol–water partition coefficient (Wildman–Crippen LogP) is 3.04. The Bertz CT molecular complexity index is 1320. The molecule has 1 amide bonds. The normalized spacial score (nSPS) is 14.0. The van der Waals surface area contributed by atoms with Gasteiger partial charge in [0, 0.05) is 19.6 Å². The van der Waals surface area contributed by atoms with Crippen LogP contribution in [0.5, 0.6) is 0 Å². The molecule has 1 aliphatic heterocycles. The van der Waals surface area contributed by atoms with Gasteiger partial charge in [0.1, 0.15) is 12.2 Å². The summed E-state index contributed by atoms with van der Waals surface area (Å²) in [6.07, 6.45) is 0. The second-order valence-electron chi connectivity index (χ2n) is 7.82. The largest absolute Gasteiger partial charge is 0.378 e. The number of hydrogen-bond acceptors (Lipinski definition) is 8. The Morgan fingerprint density at radius 2 is 1.97 bits per heavy atom. The highest BCUT2D eigenvalue weighted by Gasteiger charge is 2.22. The molecule has 8 nitrogen and oxygen atoms in total. The summed E-state index contributed by atoms with van der Waals surface area (Å²) in [6, 6.07) is 11.9. The first-order chi connectivity index (χ1) is 16.1. The van der Waals surface area contributed by atoms with Crippen LogP contribution in [0.1, 0.15) is 11.1 Å². The number of aryl methyl sites for hydroxylation is 1. The maximum atomic E-state index is 13.2. The minimum Gasteiger partial charge on any atom is -0.378 e. The number of anilines is 1. The number of benzene rings is 1. The number of carbonyl (C=O) groups excluding carboxylic acids is 1. The molecule has 0 radical (unpaired) electrons. The Morgan fingerprint density at radius 1 is 1.18 bits per heavy atom. The number of aromatic nitrogens is 3. The van der Waals surface area contributed by atoms with Gasteiger partial charge in [0.25, 0.3) is 5.56 Å². The van der Waals surface area contributed by atoms with E-state index >= 15 is 0 Å². The Morgan fingerprint density at radius 3 is 2.70 bits per heavy atom. The second kappa shape index (κ2) is 9.42. The molecule has 33 heavy (non-hydrogen) atoms. The van der Waals surface area contributed by atoms with Crippen molar-refractivity contribution in [2.45, 2.75) is 20.0 Å². The zero-order chi connectivity index (χ0) is 22.8. The van der Waals surface area contributed by atoms with Crippen LogP contribution in [0.3, 0.4) is 0 Å². The van der Waals surface area contributed by atoms with Gasteiger partial charge < -0.3 is 15.0 Å². The fraction of sp³-hybridized carbons (Fsp3) is 0.304. The quantitative estimate of drug-likeness (QED) is 0.455. The van der Waals surface area contributed by atoms with Gasteiger partial charge in [-0.2, -0.15) is 5.10 Å². The predicted molar refractivity (Wildman–Crippen MR) is 131 cm³/mol. The van der Waals surface area contributed by atoms with Gasteiger partial charge in [-0.05, 0) is 23.9 Å². The van der Waals surface area contributed by atoms with Gasteiger partial charge in [-0.15, -0.1) is 11.3 Å². The van der Waals surface area contributed by atoms with Crippen molar-refractivity contribution in [2.75, 3.05) is 31.2 Å². The van der Waals surface area contributed by atoms with Crippen LogP contribution in [0.4, 0.5) is 5.13 Å². The van der Waals surface area contributed by atoms with Crippen molar-refractivity contribution in [1.29, 1.82) is 0 Å². The summed E-state index contributed by atoms with van der Waals surface area (Å²) in [5, 5.41) is 10.2. The summed E-state index contributed by atoms with van der Waals surface area (Å²) in [6.45, 7) is 4.99. The lowest BCUT2D eigenvalue weighted by Gasteiger charge is -2.25. The standard InChI is InChI=1S/C23H23N5O3S2/c1-15-4-6-16(7-5-15)13-24-18(29)14-28-22(30)20-21(19(26-28)17-3-2-12-32-17)33-23(25-20)27-8-10-31-11-9-27/h2-7,12H,8-11,13-14H2,1H3,(H,24,29). The molecule has 0 saturated carbocycles. The molecule has 0 unspecified atom stereocenters. The van der Waals surface area contributed by atoms with Crippen molar-refractivity contribution in [3.8, 4) is 10.6 Å². The topological polar surface area (TPSA) is 89.3 Å². The Labute approximate surface area is 198 Å². The summed E-state index contributed by atoms with van der Waals surface area (Å²) in [7, 11) is 0. The zero-order valence-corrected chi connectivity index (χ0v) is 19.7. The third-order valence-electron chi connectivity index (χ3n) is 5.43. The number of fused-ring (bicyclic) bond motifs is 1. The smallest absolute Gasteiger partial charge is 0.294 e. The molecule has 0 atom stereocenters. The van der Waals surface area contributed by atoms with Crippen molar-refractivity contribution in [1.82, 2.24) is 20.1 Å². The second-order valence-corrected chi connectivity index (χ2v) is 9.75. The summed E-state index contributed by atoms with van der Waals surface area (Å²) >= 11 is 3.01. The van der Waals surface area contributed by atoms with E-state index < -0.39 is 0 Å². The lowest BCUT2D eigenvalue weighted by molar-refractivity contribution is -0.122. The zero-order valence-electron chi connectivity index (χ0n) is 18.1. The van der Waals surface area contributed by atoms with E-state index in [1.54, 1.807) is 11.3 Å². The monoisotopic (exact) mass is 481 g/mol. The Hall–Kier alpha value is -3.08. The van der Waals surface area contributed by atoms with E-state index in [1.807, 2.05) is 48.7 Å². The highest BCUT2D eigenvalue weighted by atomic mass is 32.1. The van der Waals surface area contributed by atoms with E-state index in [9.17, 15) is 9.59 Å². The van der Waals surface area contributed by atoms with Crippen molar-refractivity contribution in [3.05, 3.63) is 63.3 Å². The number of ether oxygens (including phenoxy) is 1. The van der Waals surface area contributed by atoms with E-state index in [4.69, 9.17) is 4.74 Å². The third-order valence-corrected chi connectivity index (χ3v) is 7.43. The van der Waals surface area contributed by atoms with Crippen molar-refractivity contribution >= 4 is 43.9 Å². The van der Waals surface area contributed by atoms with Crippen LogP contribution >= 0.6 is 22.7 Å². The molecule has 0 bridgehead atoms. The first-order valence-corrected chi connectivity index (χ1v) is 12.4. The first-order valence-electron chi connectivity index (χ1n) is 10.7. The molecule has 1 saturated heterocycles. The molecule has 4 aromatic rings. The SMILES string of the molecule is Cc1ccc(CNC(=O)Cn2nc(-c3cccs3)c3sc(N4CCOCC4)nc3c2=O)cc1. The molecular formula is C23H23N5O3S2. The maximum Gasteiger partial charge on any atom is 0.294 e. The summed E-state index contributed by atoms with van der Waals surface area (Å²) in [5.74, 6) is -0.273. The van der Waals surface area contributed by atoms with Gasteiger partial charge in [0.2, 0.25) is 5.91 Å². The molecule has 1 aliphatic rings. The maximum absolute atomic E-state index is 13.2. The van der Waals surface area contributed by atoms with Gasteiger partial charge in [-0.1, -0.05) is 47.2 Å². The van der Waals surface area contributed by atoms with E-state index in [0.29, 0.717) is 31.0 Å². The molecule has 0 aliphatic carbocycles. The molecular weight excluding hydrogens is 458 g/mol. The minimum absolute atomic E-state index is 0.163. The van der Waals surface area contributed by atoms with E-state index in [1.165, 1.54) is 16.0 Å². The molecule has 1 aromatic carbocycles. The molecule has 1 fully saturated rings. The highest BCUT2D eigenvalue weighted by Crippen LogP contribution is 2.35. The molecule has 1 N–H and O–H groups in total. The average Bonchev–Trinajstić information content (AvgIpc) is 3.52. The molecule has 5 rings (SSSR count). The van der Waals surface area contributed by atoms with E-state index in [0.717, 1.165) is 38.9 Å². The van der Waals surface area contributed by atoms with Gasteiger partial charge in [0.15, 0.2) is 10.6 Å². The van der Waals surface area contributed by atoms with Crippen molar-refractivity contribution in [3.63, 3.8) is 0 Å². The van der Waals surface area contributed by atoms with E-state index in [-0.39, 0.29) is 18.0 Å². The summed E-state index contributed by atoms with van der Waals surface area (Å²) in [4.78, 5) is 33.6.